The minimum absolute atomic E-state index is 0.0715. The van der Waals surface area contributed by atoms with E-state index in [0.717, 1.165) is 22.9 Å². The highest BCUT2D eigenvalue weighted by Gasteiger charge is 2.64. The van der Waals surface area contributed by atoms with Crippen LogP contribution in [-0.4, -0.2) is 18.6 Å². The maximum atomic E-state index is 14.8. The molecular formula is C22H20BrF3N2O. The molecule has 2 aromatic carbocycles. The molecule has 2 aliphatic carbocycles. The minimum Gasteiger partial charge on any atom is -0.462 e. The Bertz CT molecular complexity index is 1010. The smallest absolute Gasteiger partial charge is 0.283 e. The van der Waals surface area contributed by atoms with Gasteiger partial charge in [-0.1, -0.05) is 34.1 Å². The van der Waals surface area contributed by atoms with E-state index in [0.29, 0.717) is 12.8 Å². The molecule has 7 heteroatoms. The number of aryl methyl sites for hydroxylation is 1. The fraction of sp³-hybridized carbons (Fsp3) is 0.409. The summed E-state index contributed by atoms with van der Waals surface area (Å²) in [4.78, 5) is 3.96. The van der Waals surface area contributed by atoms with Crippen LogP contribution in [0.2, 0.25) is 0 Å². The molecule has 152 valence electrons. The first-order valence-corrected chi connectivity index (χ1v) is 10.5. The molecule has 1 fully saturated rings. The van der Waals surface area contributed by atoms with Gasteiger partial charge in [-0.25, -0.2) is 18.2 Å². The molecule has 5 rings (SSSR count). The standard InChI is InChI=1S/C22H20BrF3N2O/c23-14-4-5-15-12(2-3-13(15)9-14)7-11-1-6-18(24)16(8-11)22(20(25)26)17-10-19(17)29-21(27)28-22/h1,4-6,8-9,12,17,19-20H,2-3,7,10H2,(H2,27,28)/t12-,17-,19+,22+/m0/s1. The van der Waals surface area contributed by atoms with Gasteiger partial charge >= 0.3 is 0 Å². The molecule has 0 amide bonds. The van der Waals surface area contributed by atoms with Crippen LogP contribution >= 0.6 is 15.9 Å². The lowest BCUT2D eigenvalue weighted by molar-refractivity contribution is 0.0176. The average molecular weight is 465 g/mol. The topological polar surface area (TPSA) is 47.6 Å². The van der Waals surface area contributed by atoms with Crippen molar-refractivity contribution < 1.29 is 17.9 Å². The van der Waals surface area contributed by atoms with Crippen molar-refractivity contribution in [1.82, 2.24) is 0 Å². The van der Waals surface area contributed by atoms with Crippen molar-refractivity contribution in [1.29, 1.82) is 0 Å². The first-order valence-electron chi connectivity index (χ1n) is 9.76. The molecule has 0 radical (unpaired) electrons. The van der Waals surface area contributed by atoms with Gasteiger partial charge in [0.25, 0.3) is 12.4 Å². The number of nitrogens with two attached hydrogens (primary N) is 1. The fourth-order valence-corrected chi connectivity index (χ4v) is 5.39. The molecular weight excluding hydrogens is 445 g/mol. The van der Waals surface area contributed by atoms with E-state index in [1.807, 2.05) is 6.07 Å². The summed E-state index contributed by atoms with van der Waals surface area (Å²) in [5.41, 5.74) is 7.03. The lowest BCUT2D eigenvalue weighted by atomic mass is 9.82. The lowest BCUT2D eigenvalue weighted by Crippen LogP contribution is -2.43. The number of fused-ring (bicyclic) bond motifs is 2. The predicted octanol–water partition coefficient (Wildman–Crippen LogP) is 5.05. The van der Waals surface area contributed by atoms with E-state index in [-0.39, 0.29) is 17.5 Å². The van der Waals surface area contributed by atoms with Gasteiger partial charge < -0.3 is 10.5 Å². The van der Waals surface area contributed by atoms with E-state index in [4.69, 9.17) is 10.5 Å². The Balaban J connectivity index is 1.51. The van der Waals surface area contributed by atoms with Crippen molar-refractivity contribution in [3.8, 4) is 0 Å². The van der Waals surface area contributed by atoms with E-state index in [2.05, 4.69) is 33.1 Å². The van der Waals surface area contributed by atoms with Crippen molar-refractivity contribution >= 4 is 22.0 Å². The zero-order chi connectivity index (χ0) is 20.3. The zero-order valence-electron chi connectivity index (χ0n) is 15.5. The van der Waals surface area contributed by atoms with Gasteiger partial charge in [0, 0.05) is 16.0 Å². The van der Waals surface area contributed by atoms with Gasteiger partial charge in [-0.15, -0.1) is 0 Å². The summed E-state index contributed by atoms with van der Waals surface area (Å²) in [7, 11) is 0. The normalized spacial score (nSPS) is 29.8. The quantitative estimate of drug-likeness (QED) is 0.687. The third-order valence-electron chi connectivity index (χ3n) is 6.45. The largest absolute Gasteiger partial charge is 0.462 e. The molecule has 1 heterocycles. The Labute approximate surface area is 175 Å². The Morgan fingerprint density at radius 2 is 2.07 bits per heavy atom. The third kappa shape index (κ3) is 3.05. The molecule has 1 saturated carbocycles. The third-order valence-corrected chi connectivity index (χ3v) is 6.94. The molecule has 0 bridgehead atoms. The van der Waals surface area contributed by atoms with E-state index in [1.165, 1.54) is 17.2 Å². The number of rotatable bonds is 4. The van der Waals surface area contributed by atoms with Crippen molar-refractivity contribution in [2.75, 3.05) is 0 Å². The fourth-order valence-electron chi connectivity index (χ4n) is 4.98. The maximum Gasteiger partial charge on any atom is 0.283 e. The summed E-state index contributed by atoms with van der Waals surface area (Å²) in [5, 5.41) is 0. The molecule has 2 N–H and O–H groups in total. The van der Waals surface area contributed by atoms with Gasteiger partial charge in [0.05, 0.1) is 0 Å². The maximum absolute atomic E-state index is 14.8. The highest BCUT2D eigenvalue weighted by molar-refractivity contribution is 9.10. The number of halogens is 4. The summed E-state index contributed by atoms with van der Waals surface area (Å²) in [6.07, 6.45) is -0.231. The Hall–Kier alpha value is -2.02. The Kier molecular flexibility index (Phi) is 4.42. The summed E-state index contributed by atoms with van der Waals surface area (Å²) in [6.45, 7) is 0. The predicted molar refractivity (Wildman–Crippen MR) is 108 cm³/mol. The van der Waals surface area contributed by atoms with Crippen LogP contribution in [0.3, 0.4) is 0 Å². The highest BCUT2D eigenvalue weighted by Crippen LogP contribution is 2.56. The molecule has 0 aromatic heterocycles. The second-order valence-corrected chi connectivity index (χ2v) is 9.09. The zero-order valence-corrected chi connectivity index (χ0v) is 17.1. The van der Waals surface area contributed by atoms with E-state index in [1.54, 1.807) is 12.1 Å². The van der Waals surface area contributed by atoms with Gasteiger partial charge in [-0.05, 0) is 66.5 Å². The number of hydrogen-bond acceptors (Lipinski definition) is 3. The van der Waals surface area contributed by atoms with Crippen LogP contribution in [0.1, 0.15) is 41.0 Å². The minimum atomic E-state index is -2.87. The Morgan fingerprint density at radius 3 is 2.86 bits per heavy atom. The number of ether oxygens (including phenoxy) is 1. The van der Waals surface area contributed by atoms with E-state index < -0.39 is 29.8 Å². The number of amidine groups is 1. The molecule has 4 atom stereocenters. The molecule has 0 spiro atoms. The summed E-state index contributed by atoms with van der Waals surface area (Å²) >= 11 is 3.50. The van der Waals surface area contributed by atoms with Crippen molar-refractivity contribution in [3.63, 3.8) is 0 Å². The van der Waals surface area contributed by atoms with Gasteiger partial charge in [-0.3, -0.25) is 0 Å². The van der Waals surface area contributed by atoms with Crippen LogP contribution in [0.25, 0.3) is 0 Å². The highest BCUT2D eigenvalue weighted by atomic mass is 79.9. The lowest BCUT2D eigenvalue weighted by Gasteiger charge is -2.33. The number of aliphatic imine (C=N–C) groups is 1. The number of alkyl halides is 2. The van der Waals surface area contributed by atoms with Gasteiger partial charge in [0.2, 0.25) is 0 Å². The van der Waals surface area contributed by atoms with Crippen LogP contribution in [-0.2, 0) is 23.1 Å². The average Bonchev–Trinajstić information content (AvgIpc) is 3.35. The second-order valence-electron chi connectivity index (χ2n) is 8.17. The van der Waals surface area contributed by atoms with Gasteiger partial charge in [0.1, 0.15) is 11.9 Å². The first-order chi connectivity index (χ1) is 13.9. The molecule has 2 aromatic rings. The summed E-state index contributed by atoms with van der Waals surface area (Å²) < 4.78 is 49.7. The van der Waals surface area contributed by atoms with E-state index >= 15 is 0 Å². The molecule has 0 saturated heterocycles. The molecule has 29 heavy (non-hydrogen) atoms. The first kappa shape index (κ1) is 19.0. The van der Waals surface area contributed by atoms with Crippen LogP contribution < -0.4 is 5.73 Å². The SMILES string of the molecule is NC1=N[C@@](c2cc(C[C@@H]3CCc4cc(Br)ccc43)ccc2F)(C(F)F)[C@H]2C[C@H]2O1. The molecule has 0 unspecified atom stereocenters. The van der Waals surface area contributed by atoms with Gasteiger partial charge in [-0.2, -0.15) is 0 Å². The monoisotopic (exact) mass is 464 g/mol. The van der Waals surface area contributed by atoms with E-state index in [9.17, 15) is 13.2 Å². The number of hydrogen-bond donors (Lipinski definition) is 1. The van der Waals surface area contributed by atoms with Crippen LogP contribution in [0.15, 0.2) is 45.9 Å². The Morgan fingerprint density at radius 1 is 1.24 bits per heavy atom. The second kappa shape index (κ2) is 6.76. The van der Waals surface area contributed by atoms with Crippen LogP contribution in [0.4, 0.5) is 13.2 Å². The van der Waals surface area contributed by atoms with Crippen LogP contribution in [0, 0.1) is 11.7 Å². The number of nitrogens with zero attached hydrogens (tertiary/aromatic N) is 1. The molecule has 3 aliphatic rings. The molecule has 3 nitrogen and oxygen atoms in total. The van der Waals surface area contributed by atoms with Crippen molar-refractivity contribution in [3.05, 3.63) is 68.9 Å². The summed E-state index contributed by atoms with van der Waals surface area (Å²) in [6, 6.07) is 10.5. The van der Waals surface area contributed by atoms with Crippen molar-refractivity contribution in [2.24, 2.45) is 16.6 Å². The molecule has 1 aliphatic heterocycles. The van der Waals surface area contributed by atoms with Crippen molar-refractivity contribution in [2.45, 2.75) is 49.7 Å². The van der Waals surface area contributed by atoms with Crippen LogP contribution in [0.5, 0.6) is 0 Å². The van der Waals surface area contributed by atoms with Gasteiger partial charge in [0.15, 0.2) is 5.54 Å². The number of benzene rings is 2. The summed E-state index contributed by atoms with van der Waals surface area (Å²) in [5.74, 6) is -0.936.